The van der Waals surface area contributed by atoms with Crippen LogP contribution >= 0.6 is 0 Å². The molecule has 1 heterocycles. The largest absolute Gasteiger partial charge is 0.481 e. The smallest absolute Gasteiger partial charge is 0.308 e. The SMILES string of the molecule is Cc1ccc(C(=O)NCC(=O)N2CCC[C@@H](C(=O)O)[C@H]2C)cc1C. The molecule has 0 radical (unpaired) electrons. The fraction of sp³-hybridized carbons (Fsp3) is 0.500. The van der Waals surface area contributed by atoms with Gasteiger partial charge in [0.15, 0.2) is 0 Å². The van der Waals surface area contributed by atoms with E-state index >= 15 is 0 Å². The van der Waals surface area contributed by atoms with Crippen molar-refractivity contribution >= 4 is 17.8 Å². The van der Waals surface area contributed by atoms with Gasteiger partial charge in [0.25, 0.3) is 5.91 Å². The number of hydrogen-bond acceptors (Lipinski definition) is 3. The normalized spacial score (nSPS) is 20.5. The minimum absolute atomic E-state index is 0.123. The number of rotatable bonds is 4. The molecule has 0 saturated carbocycles. The van der Waals surface area contributed by atoms with Gasteiger partial charge >= 0.3 is 5.97 Å². The highest BCUT2D eigenvalue weighted by Gasteiger charge is 2.35. The van der Waals surface area contributed by atoms with Crippen LogP contribution in [0.3, 0.4) is 0 Å². The van der Waals surface area contributed by atoms with Crippen molar-refractivity contribution in [3.8, 4) is 0 Å². The fourth-order valence-corrected chi connectivity index (χ4v) is 3.07. The Balaban J connectivity index is 1.95. The van der Waals surface area contributed by atoms with Crippen LogP contribution in [0.4, 0.5) is 0 Å². The summed E-state index contributed by atoms with van der Waals surface area (Å²) in [6.45, 7) is 6.06. The van der Waals surface area contributed by atoms with Gasteiger partial charge in [-0.2, -0.15) is 0 Å². The van der Waals surface area contributed by atoms with E-state index in [1.54, 1.807) is 24.0 Å². The van der Waals surface area contributed by atoms with Crippen LogP contribution in [0, 0.1) is 19.8 Å². The number of carboxylic acids is 1. The summed E-state index contributed by atoms with van der Waals surface area (Å²) in [6, 6.07) is 5.03. The Bertz CT molecular complexity index is 656. The van der Waals surface area contributed by atoms with Gasteiger partial charge in [0, 0.05) is 18.2 Å². The molecular formula is C18H24N2O4. The third-order valence-electron chi connectivity index (χ3n) is 4.79. The maximum Gasteiger partial charge on any atom is 0.308 e. The van der Waals surface area contributed by atoms with E-state index in [0.29, 0.717) is 24.9 Å². The fourth-order valence-electron chi connectivity index (χ4n) is 3.07. The first-order chi connectivity index (χ1) is 11.3. The average molecular weight is 332 g/mol. The van der Waals surface area contributed by atoms with Gasteiger partial charge in [-0.05, 0) is 56.9 Å². The number of carboxylic acid groups (broad SMARTS) is 1. The van der Waals surface area contributed by atoms with Crippen molar-refractivity contribution in [3.63, 3.8) is 0 Å². The van der Waals surface area contributed by atoms with Crippen LogP contribution in [-0.4, -0.2) is 46.9 Å². The second kappa shape index (κ2) is 7.47. The average Bonchev–Trinajstić information content (AvgIpc) is 2.54. The molecule has 6 nitrogen and oxygen atoms in total. The summed E-state index contributed by atoms with van der Waals surface area (Å²) in [4.78, 5) is 37.3. The highest BCUT2D eigenvalue weighted by molar-refractivity contribution is 5.96. The zero-order valence-corrected chi connectivity index (χ0v) is 14.3. The van der Waals surface area contributed by atoms with E-state index < -0.39 is 11.9 Å². The molecule has 1 aromatic rings. The van der Waals surface area contributed by atoms with Gasteiger partial charge in [-0.3, -0.25) is 14.4 Å². The van der Waals surface area contributed by atoms with E-state index in [0.717, 1.165) is 11.1 Å². The monoisotopic (exact) mass is 332 g/mol. The van der Waals surface area contributed by atoms with Crippen LogP contribution in [-0.2, 0) is 9.59 Å². The zero-order chi connectivity index (χ0) is 17.9. The van der Waals surface area contributed by atoms with Crippen molar-refractivity contribution < 1.29 is 19.5 Å². The minimum Gasteiger partial charge on any atom is -0.481 e. The maximum atomic E-state index is 12.4. The summed E-state index contributed by atoms with van der Waals surface area (Å²) >= 11 is 0. The van der Waals surface area contributed by atoms with Gasteiger partial charge in [-0.15, -0.1) is 0 Å². The number of benzene rings is 1. The van der Waals surface area contributed by atoms with Crippen LogP contribution in [0.5, 0.6) is 0 Å². The van der Waals surface area contributed by atoms with Crippen LogP contribution in [0.15, 0.2) is 18.2 Å². The van der Waals surface area contributed by atoms with Crippen LogP contribution < -0.4 is 5.32 Å². The topological polar surface area (TPSA) is 86.7 Å². The first-order valence-corrected chi connectivity index (χ1v) is 8.19. The third kappa shape index (κ3) is 3.93. The lowest BCUT2D eigenvalue weighted by Crippen LogP contribution is -2.51. The first kappa shape index (κ1) is 18.0. The number of amides is 2. The molecule has 6 heteroatoms. The molecule has 130 valence electrons. The Labute approximate surface area is 141 Å². The molecular weight excluding hydrogens is 308 g/mol. The Kier molecular flexibility index (Phi) is 5.59. The molecule has 1 aromatic carbocycles. The second-order valence-electron chi connectivity index (χ2n) is 6.40. The van der Waals surface area contributed by atoms with E-state index in [2.05, 4.69) is 5.32 Å². The molecule has 2 amide bonds. The molecule has 0 aromatic heterocycles. The first-order valence-electron chi connectivity index (χ1n) is 8.19. The van der Waals surface area contributed by atoms with Gasteiger partial charge in [0.2, 0.25) is 5.91 Å². The van der Waals surface area contributed by atoms with Gasteiger partial charge in [0.05, 0.1) is 12.5 Å². The number of aryl methyl sites for hydroxylation is 2. The van der Waals surface area contributed by atoms with E-state index in [-0.39, 0.29) is 24.4 Å². The Morgan fingerprint density at radius 1 is 1.25 bits per heavy atom. The maximum absolute atomic E-state index is 12.4. The van der Waals surface area contributed by atoms with E-state index in [1.807, 2.05) is 19.9 Å². The summed E-state index contributed by atoms with van der Waals surface area (Å²) in [5, 5.41) is 11.8. The Hall–Kier alpha value is -2.37. The third-order valence-corrected chi connectivity index (χ3v) is 4.79. The number of carbonyl (C=O) groups excluding carboxylic acids is 2. The molecule has 1 saturated heterocycles. The molecule has 1 aliphatic heterocycles. The number of nitrogens with one attached hydrogen (secondary N) is 1. The van der Waals surface area contributed by atoms with Crippen molar-refractivity contribution in [2.75, 3.05) is 13.1 Å². The number of piperidine rings is 1. The highest BCUT2D eigenvalue weighted by Crippen LogP contribution is 2.23. The van der Waals surface area contributed by atoms with Crippen molar-refractivity contribution in [3.05, 3.63) is 34.9 Å². The number of nitrogens with zero attached hydrogens (tertiary/aromatic N) is 1. The molecule has 1 aliphatic rings. The molecule has 0 bridgehead atoms. The molecule has 0 spiro atoms. The van der Waals surface area contributed by atoms with Gasteiger partial charge in [-0.25, -0.2) is 0 Å². The highest BCUT2D eigenvalue weighted by atomic mass is 16.4. The number of aliphatic carboxylic acids is 1. The molecule has 2 rings (SSSR count). The Morgan fingerprint density at radius 2 is 1.96 bits per heavy atom. The van der Waals surface area contributed by atoms with Crippen LogP contribution in [0.2, 0.25) is 0 Å². The van der Waals surface area contributed by atoms with Gasteiger partial charge in [0.1, 0.15) is 0 Å². The lowest BCUT2D eigenvalue weighted by atomic mass is 9.90. The molecule has 0 aliphatic carbocycles. The standard InChI is InChI=1S/C18H24N2O4/c1-11-6-7-14(9-12(11)2)17(22)19-10-16(21)20-8-4-5-15(13(20)3)18(23)24/h6-7,9,13,15H,4-5,8,10H2,1-3H3,(H,19,22)(H,23,24)/t13-,15-/m1/s1. The Morgan fingerprint density at radius 3 is 2.58 bits per heavy atom. The lowest BCUT2D eigenvalue weighted by Gasteiger charge is -2.37. The van der Waals surface area contributed by atoms with Gasteiger partial charge in [-0.1, -0.05) is 6.07 Å². The molecule has 24 heavy (non-hydrogen) atoms. The van der Waals surface area contributed by atoms with Crippen molar-refractivity contribution in [2.45, 2.75) is 39.7 Å². The predicted octanol–water partition coefficient (Wildman–Crippen LogP) is 1.74. The molecule has 0 unspecified atom stereocenters. The lowest BCUT2D eigenvalue weighted by molar-refractivity contribution is -0.148. The number of carbonyl (C=O) groups is 3. The zero-order valence-electron chi connectivity index (χ0n) is 14.3. The van der Waals surface area contributed by atoms with E-state index in [1.165, 1.54) is 0 Å². The summed E-state index contributed by atoms with van der Waals surface area (Å²) in [5.74, 6) is -1.96. The molecule has 2 atom stereocenters. The quantitative estimate of drug-likeness (QED) is 0.879. The molecule has 1 fully saturated rings. The second-order valence-corrected chi connectivity index (χ2v) is 6.40. The predicted molar refractivity (Wildman–Crippen MR) is 89.8 cm³/mol. The summed E-state index contributed by atoms with van der Waals surface area (Å²) in [6.07, 6.45) is 1.24. The van der Waals surface area contributed by atoms with Crippen molar-refractivity contribution in [2.24, 2.45) is 5.92 Å². The number of likely N-dealkylation sites (tertiary alicyclic amines) is 1. The summed E-state index contributed by atoms with van der Waals surface area (Å²) in [5.41, 5.74) is 2.63. The summed E-state index contributed by atoms with van der Waals surface area (Å²) in [7, 11) is 0. The van der Waals surface area contributed by atoms with Crippen LogP contribution in [0.1, 0.15) is 41.3 Å². The van der Waals surface area contributed by atoms with Crippen molar-refractivity contribution in [1.82, 2.24) is 10.2 Å². The van der Waals surface area contributed by atoms with E-state index in [4.69, 9.17) is 0 Å². The van der Waals surface area contributed by atoms with Crippen LogP contribution in [0.25, 0.3) is 0 Å². The van der Waals surface area contributed by atoms with E-state index in [9.17, 15) is 19.5 Å². The van der Waals surface area contributed by atoms with Crippen molar-refractivity contribution in [1.29, 1.82) is 0 Å². The molecule has 2 N–H and O–H groups in total. The van der Waals surface area contributed by atoms with Gasteiger partial charge < -0.3 is 15.3 Å². The summed E-state index contributed by atoms with van der Waals surface area (Å²) < 4.78 is 0. The number of hydrogen-bond donors (Lipinski definition) is 2. The minimum atomic E-state index is -0.876.